The van der Waals surface area contributed by atoms with Gasteiger partial charge in [0.2, 0.25) is 0 Å². The van der Waals surface area contributed by atoms with Crippen molar-refractivity contribution in [3.63, 3.8) is 0 Å². The fraction of sp³-hybridized carbons (Fsp3) is 0.368. The number of morpholine rings is 1. The molecule has 0 radical (unpaired) electrons. The Kier molecular flexibility index (Phi) is 5.61. The maximum Gasteiger partial charge on any atom is 0.0682 e. The monoisotopic (exact) mass is 346 g/mol. The summed E-state index contributed by atoms with van der Waals surface area (Å²) < 4.78 is 5.40. The van der Waals surface area contributed by atoms with Crippen LogP contribution in [0.5, 0.6) is 0 Å². The molecule has 4 nitrogen and oxygen atoms in total. The highest BCUT2D eigenvalue weighted by molar-refractivity contribution is 6.33. The molecule has 0 bridgehead atoms. The Bertz CT molecular complexity index is 670. The van der Waals surface area contributed by atoms with Gasteiger partial charge in [0.1, 0.15) is 0 Å². The lowest BCUT2D eigenvalue weighted by molar-refractivity contribution is 0.122. The summed E-state index contributed by atoms with van der Waals surface area (Å²) in [6.45, 7) is 5.58. The number of nitrogens with zero attached hydrogens (tertiary/aromatic N) is 1. The largest absolute Gasteiger partial charge is 0.392 e. The maximum absolute atomic E-state index is 9.27. The first-order valence-corrected chi connectivity index (χ1v) is 8.63. The first-order chi connectivity index (χ1) is 11.7. The van der Waals surface area contributed by atoms with Crippen molar-refractivity contribution in [3.8, 4) is 0 Å². The van der Waals surface area contributed by atoms with Gasteiger partial charge in [0.05, 0.1) is 30.5 Å². The fourth-order valence-electron chi connectivity index (χ4n) is 2.89. The molecule has 1 aliphatic rings. The van der Waals surface area contributed by atoms with E-state index in [-0.39, 0.29) is 12.6 Å². The van der Waals surface area contributed by atoms with Gasteiger partial charge in [-0.05, 0) is 42.3 Å². The van der Waals surface area contributed by atoms with Gasteiger partial charge in [-0.1, -0.05) is 29.8 Å². The van der Waals surface area contributed by atoms with E-state index in [9.17, 15) is 5.11 Å². The van der Waals surface area contributed by atoms with Crippen LogP contribution in [0.4, 0.5) is 11.4 Å². The van der Waals surface area contributed by atoms with E-state index in [1.165, 1.54) is 11.3 Å². The molecule has 1 unspecified atom stereocenters. The van der Waals surface area contributed by atoms with Gasteiger partial charge in [-0.25, -0.2) is 0 Å². The maximum atomic E-state index is 9.27. The minimum absolute atomic E-state index is 0.00841. The number of benzene rings is 2. The van der Waals surface area contributed by atoms with E-state index in [1.807, 2.05) is 18.2 Å². The third kappa shape index (κ3) is 4.01. The van der Waals surface area contributed by atoms with Gasteiger partial charge in [-0.3, -0.25) is 0 Å². The van der Waals surface area contributed by atoms with Gasteiger partial charge in [-0.15, -0.1) is 0 Å². The van der Waals surface area contributed by atoms with E-state index in [0.717, 1.165) is 37.6 Å². The van der Waals surface area contributed by atoms with Gasteiger partial charge >= 0.3 is 0 Å². The summed E-state index contributed by atoms with van der Waals surface area (Å²) in [5.74, 6) is 0. The molecule has 0 amide bonds. The Morgan fingerprint density at radius 3 is 2.54 bits per heavy atom. The molecule has 128 valence electrons. The number of nitrogens with one attached hydrogen (secondary N) is 1. The van der Waals surface area contributed by atoms with Gasteiger partial charge < -0.3 is 20.1 Å². The van der Waals surface area contributed by atoms with Crippen LogP contribution in [-0.2, 0) is 11.3 Å². The molecule has 1 atom stereocenters. The molecular formula is C19H23ClN2O2. The molecule has 3 rings (SSSR count). The standard InChI is InChI=1S/C19H23ClN2O2/c1-14(21-19-12-15(13-23)2-7-18(19)20)16-3-5-17(6-4-16)22-8-10-24-11-9-22/h2-7,12,14,21,23H,8-11,13H2,1H3. The summed E-state index contributed by atoms with van der Waals surface area (Å²) in [6.07, 6.45) is 0. The van der Waals surface area contributed by atoms with E-state index in [2.05, 4.69) is 41.4 Å². The Hall–Kier alpha value is -1.75. The second-order valence-corrected chi connectivity index (χ2v) is 6.44. The van der Waals surface area contributed by atoms with Crippen LogP contribution in [0, 0.1) is 0 Å². The minimum Gasteiger partial charge on any atom is -0.392 e. The Morgan fingerprint density at radius 2 is 1.88 bits per heavy atom. The third-order valence-electron chi connectivity index (χ3n) is 4.35. The van der Waals surface area contributed by atoms with Gasteiger partial charge in [0.15, 0.2) is 0 Å². The van der Waals surface area contributed by atoms with Crippen molar-refractivity contribution in [1.29, 1.82) is 0 Å². The molecule has 2 aromatic carbocycles. The van der Waals surface area contributed by atoms with Crippen LogP contribution >= 0.6 is 11.6 Å². The number of aliphatic hydroxyl groups excluding tert-OH is 1. The number of hydrogen-bond donors (Lipinski definition) is 2. The second-order valence-electron chi connectivity index (χ2n) is 6.03. The SMILES string of the molecule is CC(Nc1cc(CO)ccc1Cl)c1ccc(N2CCOCC2)cc1. The highest BCUT2D eigenvalue weighted by Gasteiger charge is 2.13. The number of rotatable bonds is 5. The van der Waals surface area contributed by atoms with Crippen molar-refractivity contribution in [1.82, 2.24) is 0 Å². The average molecular weight is 347 g/mol. The number of aliphatic hydroxyl groups is 1. The first-order valence-electron chi connectivity index (χ1n) is 8.26. The summed E-state index contributed by atoms with van der Waals surface area (Å²) in [5, 5.41) is 13.4. The molecule has 1 aliphatic heterocycles. The van der Waals surface area contributed by atoms with E-state index in [1.54, 1.807) is 0 Å². The second kappa shape index (κ2) is 7.88. The molecule has 0 saturated carbocycles. The fourth-order valence-corrected chi connectivity index (χ4v) is 3.07. The Balaban J connectivity index is 1.69. The molecule has 0 aliphatic carbocycles. The highest BCUT2D eigenvalue weighted by atomic mass is 35.5. The van der Waals surface area contributed by atoms with Gasteiger partial charge in [-0.2, -0.15) is 0 Å². The van der Waals surface area contributed by atoms with E-state index in [4.69, 9.17) is 16.3 Å². The molecule has 0 aromatic heterocycles. The topological polar surface area (TPSA) is 44.7 Å². The Labute approximate surface area is 148 Å². The number of ether oxygens (including phenoxy) is 1. The van der Waals surface area contributed by atoms with Crippen LogP contribution in [0.2, 0.25) is 5.02 Å². The quantitative estimate of drug-likeness (QED) is 0.863. The van der Waals surface area contributed by atoms with Crippen LogP contribution in [-0.4, -0.2) is 31.4 Å². The molecule has 2 aromatic rings. The lowest BCUT2D eigenvalue weighted by atomic mass is 10.1. The summed E-state index contributed by atoms with van der Waals surface area (Å²) in [4.78, 5) is 2.34. The first kappa shape index (κ1) is 17.1. The van der Waals surface area contributed by atoms with Crippen LogP contribution < -0.4 is 10.2 Å². The number of halogens is 1. The molecule has 5 heteroatoms. The van der Waals surface area contributed by atoms with E-state index in [0.29, 0.717) is 5.02 Å². The minimum atomic E-state index is 0.00841. The zero-order valence-electron chi connectivity index (χ0n) is 13.8. The summed E-state index contributed by atoms with van der Waals surface area (Å²) in [6, 6.07) is 14.3. The molecule has 1 fully saturated rings. The van der Waals surface area contributed by atoms with Gasteiger partial charge in [0, 0.05) is 24.8 Å². The zero-order valence-corrected chi connectivity index (χ0v) is 14.6. The van der Waals surface area contributed by atoms with Crippen LogP contribution in [0.3, 0.4) is 0 Å². The van der Waals surface area contributed by atoms with Crippen LogP contribution in [0.15, 0.2) is 42.5 Å². The van der Waals surface area contributed by atoms with Crippen LogP contribution in [0.1, 0.15) is 24.1 Å². The lowest BCUT2D eigenvalue weighted by Crippen LogP contribution is -2.36. The summed E-state index contributed by atoms with van der Waals surface area (Å²) in [7, 11) is 0. The van der Waals surface area contributed by atoms with E-state index < -0.39 is 0 Å². The smallest absolute Gasteiger partial charge is 0.0682 e. The predicted molar refractivity (Wildman–Crippen MR) is 98.9 cm³/mol. The van der Waals surface area contributed by atoms with Gasteiger partial charge in [0.25, 0.3) is 0 Å². The van der Waals surface area contributed by atoms with Crippen molar-refractivity contribution in [2.24, 2.45) is 0 Å². The molecule has 24 heavy (non-hydrogen) atoms. The molecular weight excluding hydrogens is 324 g/mol. The molecule has 1 saturated heterocycles. The highest BCUT2D eigenvalue weighted by Crippen LogP contribution is 2.28. The van der Waals surface area contributed by atoms with Crippen LogP contribution in [0.25, 0.3) is 0 Å². The van der Waals surface area contributed by atoms with Crippen molar-refractivity contribution < 1.29 is 9.84 Å². The molecule has 2 N–H and O–H groups in total. The van der Waals surface area contributed by atoms with Crippen molar-refractivity contribution in [2.75, 3.05) is 36.5 Å². The summed E-state index contributed by atoms with van der Waals surface area (Å²) >= 11 is 6.25. The number of hydrogen-bond acceptors (Lipinski definition) is 4. The van der Waals surface area contributed by atoms with Crippen molar-refractivity contribution in [2.45, 2.75) is 19.6 Å². The lowest BCUT2D eigenvalue weighted by Gasteiger charge is -2.29. The van der Waals surface area contributed by atoms with Crippen molar-refractivity contribution >= 4 is 23.0 Å². The normalized spacial score (nSPS) is 16.0. The third-order valence-corrected chi connectivity index (χ3v) is 4.68. The summed E-state index contributed by atoms with van der Waals surface area (Å²) in [5.41, 5.74) is 4.11. The Morgan fingerprint density at radius 1 is 1.17 bits per heavy atom. The molecule has 1 heterocycles. The number of anilines is 2. The average Bonchev–Trinajstić information content (AvgIpc) is 2.64. The van der Waals surface area contributed by atoms with Crippen molar-refractivity contribution in [3.05, 3.63) is 58.6 Å². The molecule has 0 spiro atoms. The predicted octanol–water partition coefficient (Wildman–Crippen LogP) is 3.84. The zero-order chi connectivity index (χ0) is 16.9. The van der Waals surface area contributed by atoms with E-state index >= 15 is 0 Å².